The highest BCUT2D eigenvalue weighted by atomic mass is 16.4. The second-order valence-corrected chi connectivity index (χ2v) is 4.08. The zero-order valence-corrected chi connectivity index (χ0v) is 12.4. The molecule has 0 radical (unpaired) electrons. The SMILES string of the molecule is OCC(O)C(O)C(O)C(O)CO.OCCCO.OCCCO. The van der Waals surface area contributed by atoms with Gasteiger partial charge in [0.2, 0.25) is 0 Å². The van der Waals surface area contributed by atoms with Crippen LogP contribution in [-0.4, -0.2) is 115 Å². The predicted molar refractivity (Wildman–Crippen MR) is 75.8 cm³/mol. The van der Waals surface area contributed by atoms with E-state index in [0.717, 1.165) is 0 Å². The van der Waals surface area contributed by atoms with E-state index in [1.807, 2.05) is 0 Å². The van der Waals surface area contributed by atoms with Gasteiger partial charge < -0.3 is 51.1 Å². The third kappa shape index (κ3) is 17.7. The predicted octanol–water partition coefficient (Wildman–Crippen LogP) is -4.86. The van der Waals surface area contributed by atoms with Crippen LogP contribution in [0.2, 0.25) is 0 Å². The van der Waals surface area contributed by atoms with Crippen LogP contribution in [0.3, 0.4) is 0 Å². The molecule has 0 fully saturated rings. The van der Waals surface area contributed by atoms with Crippen LogP contribution in [0.4, 0.5) is 0 Å². The molecule has 0 amide bonds. The minimum atomic E-state index is -1.67. The van der Waals surface area contributed by atoms with E-state index < -0.39 is 37.6 Å². The van der Waals surface area contributed by atoms with Crippen LogP contribution in [-0.2, 0) is 0 Å². The quantitative estimate of drug-likeness (QED) is 0.195. The summed E-state index contributed by atoms with van der Waals surface area (Å²) in [4.78, 5) is 0. The number of hydrogen-bond acceptors (Lipinski definition) is 10. The van der Waals surface area contributed by atoms with Gasteiger partial charge in [-0.3, -0.25) is 0 Å². The van der Waals surface area contributed by atoms with Crippen molar-refractivity contribution < 1.29 is 51.1 Å². The largest absolute Gasteiger partial charge is 0.396 e. The molecule has 0 rings (SSSR count). The van der Waals surface area contributed by atoms with E-state index in [9.17, 15) is 0 Å². The van der Waals surface area contributed by atoms with Gasteiger partial charge in [0.05, 0.1) is 13.2 Å². The Bertz CT molecular complexity index is 171. The number of hydrogen-bond donors (Lipinski definition) is 10. The summed E-state index contributed by atoms with van der Waals surface area (Å²) in [5.41, 5.74) is 0. The van der Waals surface area contributed by atoms with Crippen LogP contribution >= 0.6 is 0 Å². The first kappa shape index (κ1) is 26.5. The summed E-state index contributed by atoms with van der Waals surface area (Å²) in [6, 6.07) is 0. The van der Waals surface area contributed by atoms with E-state index in [1.165, 1.54) is 0 Å². The Hall–Kier alpha value is -0.400. The molecule has 0 spiro atoms. The molecule has 0 saturated heterocycles. The van der Waals surface area contributed by atoms with Gasteiger partial charge in [-0.2, -0.15) is 0 Å². The second kappa shape index (κ2) is 20.6. The molecule has 4 atom stereocenters. The van der Waals surface area contributed by atoms with Gasteiger partial charge in [-0.25, -0.2) is 0 Å². The maximum atomic E-state index is 8.96. The number of aliphatic hydroxyl groups excluding tert-OH is 10. The summed E-state index contributed by atoms with van der Waals surface area (Å²) in [5.74, 6) is 0. The van der Waals surface area contributed by atoms with Crippen LogP contribution in [0.1, 0.15) is 12.8 Å². The fourth-order valence-corrected chi connectivity index (χ4v) is 0.813. The molecule has 10 N–H and O–H groups in total. The monoisotopic (exact) mass is 334 g/mol. The third-order valence-corrected chi connectivity index (χ3v) is 2.14. The lowest BCUT2D eigenvalue weighted by molar-refractivity contribution is -0.123. The molecular formula is C12H30O10. The van der Waals surface area contributed by atoms with Gasteiger partial charge in [-0.05, 0) is 12.8 Å². The summed E-state index contributed by atoms with van der Waals surface area (Å²) in [6.07, 6.45) is -5.39. The second-order valence-electron chi connectivity index (χ2n) is 4.08. The van der Waals surface area contributed by atoms with Crippen molar-refractivity contribution in [1.82, 2.24) is 0 Å². The van der Waals surface area contributed by atoms with Crippen molar-refractivity contribution in [2.45, 2.75) is 37.3 Å². The molecule has 0 aromatic rings. The highest BCUT2D eigenvalue weighted by Crippen LogP contribution is 2.03. The first-order valence-corrected chi connectivity index (χ1v) is 6.75. The van der Waals surface area contributed by atoms with E-state index in [4.69, 9.17) is 51.1 Å². The fourth-order valence-electron chi connectivity index (χ4n) is 0.813. The molecule has 4 unspecified atom stereocenters. The van der Waals surface area contributed by atoms with Crippen LogP contribution in [0.25, 0.3) is 0 Å². The Morgan fingerprint density at radius 3 is 0.773 bits per heavy atom. The van der Waals surface area contributed by atoms with Crippen molar-refractivity contribution in [3.8, 4) is 0 Å². The maximum Gasteiger partial charge on any atom is 0.111 e. The molecule has 0 heterocycles. The molecule has 0 aliphatic carbocycles. The Balaban J connectivity index is -0.000000298. The van der Waals surface area contributed by atoms with Crippen molar-refractivity contribution in [3.63, 3.8) is 0 Å². The lowest BCUT2D eigenvalue weighted by Gasteiger charge is -2.24. The van der Waals surface area contributed by atoms with Gasteiger partial charge >= 0.3 is 0 Å². The summed E-state index contributed by atoms with van der Waals surface area (Å²) in [5, 5.41) is 83.8. The lowest BCUT2D eigenvalue weighted by Crippen LogP contribution is -2.46. The normalized spacial score (nSPS) is 15.5. The Morgan fingerprint density at radius 2 is 0.682 bits per heavy atom. The summed E-state index contributed by atoms with van der Waals surface area (Å²) in [6.45, 7) is -1.08. The lowest BCUT2D eigenvalue weighted by atomic mass is 10.0. The number of rotatable bonds is 9. The molecule has 10 nitrogen and oxygen atoms in total. The van der Waals surface area contributed by atoms with Gasteiger partial charge in [0.25, 0.3) is 0 Å². The van der Waals surface area contributed by atoms with E-state index in [-0.39, 0.29) is 26.4 Å². The fraction of sp³-hybridized carbons (Fsp3) is 1.00. The molecule has 0 aromatic heterocycles. The van der Waals surface area contributed by atoms with Crippen molar-refractivity contribution in [3.05, 3.63) is 0 Å². The molecular weight excluding hydrogens is 304 g/mol. The topological polar surface area (TPSA) is 202 Å². The average Bonchev–Trinajstić information content (AvgIpc) is 2.54. The molecule has 0 saturated carbocycles. The molecule has 10 heteroatoms. The molecule has 0 aromatic carbocycles. The zero-order chi connectivity index (χ0) is 18.0. The van der Waals surface area contributed by atoms with Crippen LogP contribution in [0.15, 0.2) is 0 Å². The Morgan fingerprint density at radius 1 is 0.455 bits per heavy atom. The maximum absolute atomic E-state index is 8.96. The average molecular weight is 334 g/mol. The van der Waals surface area contributed by atoms with Crippen LogP contribution in [0, 0.1) is 0 Å². The van der Waals surface area contributed by atoms with Crippen molar-refractivity contribution in [2.24, 2.45) is 0 Å². The smallest absolute Gasteiger partial charge is 0.111 e. The Labute approximate surface area is 129 Å². The van der Waals surface area contributed by atoms with Crippen LogP contribution in [0.5, 0.6) is 0 Å². The van der Waals surface area contributed by atoms with E-state index in [2.05, 4.69) is 0 Å². The van der Waals surface area contributed by atoms with Crippen molar-refractivity contribution >= 4 is 0 Å². The standard InChI is InChI=1S/C6H14O6.2C3H8O2/c7-1-3(9)5(11)6(12)4(10)2-8;2*4-2-1-3-5/h3-12H,1-2H2;2*4-5H,1-3H2. The molecule has 0 aliphatic rings. The first-order valence-electron chi connectivity index (χ1n) is 6.75. The summed E-state index contributed by atoms with van der Waals surface area (Å²) < 4.78 is 0. The molecule has 0 aliphatic heterocycles. The minimum Gasteiger partial charge on any atom is -0.396 e. The third-order valence-electron chi connectivity index (χ3n) is 2.14. The van der Waals surface area contributed by atoms with Gasteiger partial charge in [0.15, 0.2) is 0 Å². The first-order chi connectivity index (χ1) is 10.4. The molecule has 138 valence electrons. The van der Waals surface area contributed by atoms with Gasteiger partial charge in [-0.1, -0.05) is 0 Å². The zero-order valence-electron chi connectivity index (χ0n) is 12.4. The van der Waals surface area contributed by atoms with Crippen molar-refractivity contribution in [2.75, 3.05) is 39.6 Å². The van der Waals surface area contributed by atoms with Crippen LogP contribution < -0.4 is 0 Å². The summed E-state index contributed by atoms with van der Waals surface area (Å²) in [7, 11) is 0. The summed E-state index contributed by atoms with van der Waals surface area (Å²) >= 11 is 0. The van der Waals surface area contributed by atoms with E-state index >= 15 is 0 Å². The van der Waals surface area contributed by atoms with Gasteiger partial charge in [0, 0.05) is 26.4 Å². The van der Waals surface area contributed by atoms with Gasteiger partial charge in [-0.15, -0.1) is 0 Å². The van der Waals surface area contributed by atoms with Gasteiger partial charge in [0.1, 0.15) is 24.4 Å². The minimum absolute atomic E-state index is 0.0938. The molecule has 0 bridgehead atoms. The number of aliphatic hydroxyl groups is 10. The molecule has 22 heavy (non-hydrogen) atoms. The van der Waals surface area contributed by atoms with E-state index in [1.54, 1.807) is 0 Å². The van der Waals surface area contributed by atoms with E-state index in [0.29, 0.717) is 12.8 Å². The Kier molecular flexibility index (Phi) is 24.8. The highest BCUT2D eigenvalue weighted by molar-refractivity contribution is 4.79. The van der Waals surface area contributed by atoms with Crippen molar-refractivity contribution in [1.29, 1.82) is 0 Å². The highest BCUT2D eigenvalue weighted by Gasteiger charge is 2.29.